The number of hydrogen-bond donors (Lipinski definition) is 1. The Morgan fingerprint density at radius 2 is 1.78 bits per heavy atom. The quantitative estimate of drug-likeness (QED) is 0.273. The van der Waals surface area contributed by atoms with Crippen LogP contribution < -0.4 is 0 Å². The van der Waals surface area contributed by atoms with Crippen LogP contribution in [0.25, 0.3) is 42.9 Å². The number of fused-ring (bicyclic) bond motifs is 2. The standard InChI is InChI=1S/C27H25ClN4O3S/c1-14-12-19-24(36-25(29-19)16-8-11-20-18(13-16)30-31-32(20)5)22(15-6-9-17(28)10-7-15)21(14)23(26(33)34)35-27(2,3)4/h6-13,23H,1-5H3,(H,33,34)/t23-/m0/s1. The molecule has 184 valence electrons. The molecular weight excluding hydrogens is 496 g/mol. The number of nitrogens with zero attached hydrogens (tertiary/aromatic N) is 4. The van der Waals surface area contributed by atoms with Crippen molar-refractivity contribution in [1.29, 1.82) is 0 Å². The predicted octanol–water partition coefficient (Wildman–Crippen LogP) is 6.81. The van der Waals surface area contributed by atoms with E-state index < -0.39 is 17.7 Å². The third-order valence-corrected chi connectivity index (χ3v) is 7.27. The molecule has 1 N–H and O–H groups in total. The second-order valence-electron chi connectivity index (χ2n) is 9.72. The minimum atomic E-state index is -1.15. The van der Waals surface area contributed by atoms with E-state index in [2.05, 4.69) is 10.3 Å². The highest BCUT2D eigenvalue weighted by Gasteiger charge is 2.32. The number of carboxylic acid groups (broad SMARTS) is 1. The maximum atomic E-state index is 12.5. The van der Waals surface area contributed by atoms with Crippen LogP contribution in [0.2, 0.25) is 5.02 Å². The lowest BCUT2D eigenvalue weighted by Gasteiger charge is -2.28. The van der Waals surface area contributed by atoms with Crippen LogP contribution in [-0.2, 0) is 16.6 Å². The molecule has 0 amide bonds. The first kappa shape index (κ1) is 24.4. The van der Waals surface area contributed by atoms with Gasteiger partial charge in [-0.1, -0.05) is 28.9 Å². The summed E-state index contributed by atoms with van der Waals surface area (Å²) in [7, 11) is 1.86. The van der Waals surface area contributed by atoms with Crippen molar-refractivity contribution < 1.29 is 14.6 Å². The summed E-state index contributed by atoms with van der Waals surface area (Å²) in [5, 5.41) is 20.0. The molecule has 0 aliphatic carbocycles. The minimum Gasteiger partial charge on any atom is -0.479 e. The highest BCUT2D eigenvalue weighted by atomic mass is 35.5. The summed E-state index contributed by atoms with van der Waals surface area (Å²) in [5.41, 5.74) is 5.84. The average Bonchev–Trinajstić information content (AvgIpc) is 3.40. The molecule has 2 aromatic heterocycles. The summed E-state index contributed by atoms with van der Waals surface area (Å²) in [6, 6.07) is 15.3. The molecule has 0 radical (unpaired) electrons. The van der Waals surface area contributed by atoms with Crippen molar-refractivity contribution >= 4 is 50.2 Å². The van der Waals surface area contributed by atoms with E-state index in [1.807, 2.05) is 71.1 Å². The van der Waals surface area contributed by atoms with Crippen molar-refractivity contribution in [2.75, 3.05) is 0 Å². The second kappa shape index (κ2) is 8.96. The van der Waals surface area contributed by atoms with E-state index in [0.717, 1.165) is 48.5 Å². The fourth-order valence-corrected chi connectivity index (χ4v) is 5.58. The first-order chi connectivity index (χ1) is 17.0. The van der Waals surface area contributed by atoms with Crippen LogP contribution in [0.4, 0.5) is 0 Å². The Morgan fingerprint density at radius 1 is 1.08 bits per heavy atom. The predicted molar refractivity (Wildman–Crippen MR) is 144 cm³/mol. The van der Waals surface area contributed by atoms with Gasteiger partial charge in [-0.15, -0.1) is 16.4 Å². The Balaban J connectivity index is 1.78. The largest absolute Gasteiger partial charge is 0.479 e. The van der Waals surface area contributed by atoms with Crippen LogP contribution in [0.5, 0.6) is 0 Å². The molecule has 0 aliphatic rings. The van der Waals surface area contributed by atoms with E-state index in [-0.39, 0.29) is 0 Å². The fourth-order valence-electron chi connectivity index (χ4n) is 4.34. The van der Waals surface area contributed by atoms with Gasteiger partial charge in [-0.25, -0.2) is 14.5 Å². The Morgan fingerprint density at radius 3 is 2.44 bits per heavy atom. The number of aryl methyl sites for hydroxylation is 2. The van der Waals surface area contributed by atoms with Gasteiger partial charge in [-0.05, 0) is 75.2 Å². The fraction of sp³-hybridized carbons (Fsp3) is 0.259. The molecule has 7 nitrogen and oxygen atoms in total. The Kier molecular flexibility index (Phi) is 6.06. The molecule has 0 unspecified atom stereocenters. The molecule has 5 aromatic rings. The molecule has 0 fully saturated rings. The van der Waals surface area contributed by atoms with Crippen molar-refractivity contribution in [3.05, 3.63) is 64.7 Å². The Labute approximate surface area is 217 Å². The molecule has 0 spiro atoms. The van der Waals surface area contributed by atoms with Gasteiger partial charge < -0.3 is 9.84 Å². The van der Waals surface area contributed by atoms with Crippen LogP contribution in [-0.4, -0.2) is 36.7 Å². The summed E-state index contributed by atoms with van der Waals surface area (Å²) < 4.78 is 8.70. The number of halogens is 1. The molecule has 36 heavy (non-hydrogen) atoms. The number of ether oxygens (including phenoxy) is 1. The molecule has 9 heteroatoms. The van der Waals surface area contributed by atoms with E-state index in [9.17, 15) is 9.90 Å². The number of carboxylic acids is 1. The molecule has 0 saturated heterocycles. The van der Waals surface area contributed by atoms with Crippen LogP contribution in [0.1, 0.15) is 38.0 Å². The van der Waals surface area contributed by atoms with Crippen molar-refractivity contribution in [2.24, 2.45) is 7.05 Å². The molecule has 0 aliphatic heterocycles. The summed E-state index contributed by atoms with van der Waals surface area (Å²) in [6.07, 6.45) is -1.15. The molecule has 1 atom stereocenters. The first-order valence-electron chi connectivity index (χ1n) is 11.4. The topological polar surface area (TPSA) is 90.1 Å². The summed E-state index contributed by atoms with van der Waals surface area (Å²) in [6.45, 7) is 7.46. The summed E-state index contributed by atoms with van der Waals surface area (Å²) >= 11 is 7.69. The van der Waals surface area contributed by atoms with E-state index in [4.69, 9.17) is 21.3 Å². The molecule has 2 heterocycles. The SMILES string of the molecule is Cc1cc2nc(-c3ccc4c(c3)nnn4C)sc2c(-c2ccc(Cl)cc2)c1[C@H](OC(C)(C)C)C(=O)O. The van der Waals surface area contributed by atoms with Gasteiger partial charge in [0.05, 0.1) is 21.3 Å². The van der Waals surface area contributed by atoms with Crippen LogP contribution in [0.15, 0.2) is 48.5 Å². The molecule has 0 saturated carbocycles. The zero-order valence-corrected chi connectivity index (χ0v) is 22.1. The van der Waals surface area contributed by atoms with Gasteiger partial charge in [0.1, 0.15) is 10.5 Å². The number of rotatable bonds is 5. The van der Waals surface area contributed by atoms with Gasteiger partial charge in [-0.2, -0.15) is 0 Å². The van der Waals surface area contributed by atoms with Gasteiger partial charge >= 0.3 is 5.97 Å². The zero-order chi connectivity index (χ0) is 25.8. The lowest BCUT2D eigenvalue weighted by atomic mass is 9.91. The summed E-state index contributed by atoms with van der Waals surface area (Å²) in [5.74, 6) is -1.04. The van der Waals surface area contributed by atoms with E-state index in [1.165, 1.54) is 11.3 Å². The third-order valence-electron chi connectivity index (χ3n) is 5.88. The number of hydrogen-bond acceptors (Lipinski definition) is 6. The van der Waals surface area contributed by atoms with Crippen LogP contribution >= 0.6 is 22.9 Å². The smallest absolute Gasteiger partial charge is 0.337 e. The monoisotopic (exact) mass is 520 g/mol. The molecule has 3 aromatic carbocycles. The van der Waals surface area contributed by atoms with Gasteiger partial charge in [-0.3, -0.25) is 0 Å². The van der Waals surface area contributed by atoms with Crippen molar-refractivity contribution in [3.63, 3.8) is 0 Å². The first-order valence-corrected chi connectivity index (χ1v) is 12.6. The van der Waals surface area contributed by atoms with Crippen molar-refractivity contribution in [2.45, 2.75) is 39.4 Å². The maximum Gasteiger partial charge on any atom is 0.337 e. The van der Waals surface area contributed by atoms with E-state index in [1.54, 1.807) is 16.8 Å². The molecular formula is C27H25ClN4O3S. The molecule has 0 bridgehead atoms. The molecule has 5 rings (SSSR count). The number of aromatic nitrogens is 4. The number of thiazole rings is 1. The van der Waals surface area contributed by atoms with Gasteiger partial charge in [0, 0.05) is 28.8 Å². The number of carbonyl (C=O) groups is 1. The normalized spacial score (nSPS) is 12.9. The van der Waals surface area contributed by atoms with Gasteiger partial charge in [0.2, 0.25) is 0 Å². The lowest BCUT2D eigenvalue weighted by Crippen LogP contribution is -2.28. The van der Waals surface area contributed by atoms with Crippen molar-refractivity contribution in [3.8, 4) is 21.7 Å². The number of benzene rings is 3. The van der Waals surface area contributed by atoms with Crippen LogP contribution in [0.3, 0.4) is 0 Å². The third kappa shape index (κ3) is 4.48. The Hall–Kier alpha value is -3.33. The van der Waals surface area contributed by atoms with E-state index >= 15 is 0 Å². The van der Waals surface area contributed by atoms with Gasteiger partial charge in [0.25, 0.3) is 0 Å². The average molecular weight is 521 g/mol. The zero-order valence-electron chi connectivity index (χ0n) is 20.5. The Bertz CT molecular complexity index is 1620. The minimum absolute atomic E-state index is 0.604. The van der Waals surface area contributed by atoms with E-state index in [0.29, 0.717) is 10.6 Å². The summed E-state index contributed by atoms with van der Waals surface area (Å²) in [4.78, 5) is 17.4. The number of aliphatic carboxylic acids is 1. The maximum absolute atomic E-state index is 12.5. The highest BCUT2D eigenvalue weighted by molar-refractivity contribution is 7.22. The van der Waals surface area contributed by atoms with Crippen molar-refractivity contribution in [1.82, 2.24) is 20.0 Å². The highest BCUT2D eigenvalue weighted by Crippen LogP contribution is 2.44. The second-order valence-corrected chi connectivity index (χ2v) is 11.2. The lowest BCUT2D eigenvalue weighted by molar-refractivity contribution is -0.160. The van der Waals surface area contributed by atoms with Crippen LogP contribution in [0, 0.1) is 6.92 Å². The van der Waals surface area contributed by atoms with Gasteiger partial charge in [0.15, 0.2) is 6.10 Å².